The van der Waals surface area contributed by atoms with E-state index >= 15 is 0 Å². The first-order valence-corrected chi connectivity index (χ1v) is 18.5. The molecule has 0 amide bonds. The average molecular weight is 670 g/mol. The Morgan fingerprint density at radius 2 is 0.887 bits per heavy atom. The van der Waals surface area contributed by atoms with Crippen LogP contribution in [0.3, 0.4) is 0 Å². The molecule has 0 aliphatic heterocycles. The maximum atomic E-state index is 4.70. The zero-order valence-electron chi connectivity index (χ0n) is 28.8. The van der Waals surface area contributed by atoms with Crippen LogP contribution in [-0.2, 0) is 5.41 Å². The zero-order chi connectivity index (χ0) is 34.7. The summed E-state index contributed by atoms with van der Waals surface area (Å²) in [5.41, 5.74) is 14.9. The van der Waals surface area contributed by atoms with Gasteiger partial charge in [0.05, 0.1) is 5.41 Å². The Morgan fingerprint density at radius 1 is 0.340 bits per heavy atom. The summed E-state index contributed by atoms with van der Waals surface area (Å²) >= 11 is 0. The Morgan fingerprint density at radius 3 is 1.68 bits per heavy atom. The van der Waals surface area contributed by atoms with Crippen LogP contribution < -0.4 is 0 Å². The van der Waals surface area contributed by atoms with Crippen LogP contribution in [-0.4, -0.2) is 4.98 Å². The summed E-state index contributed by atoms with van der Waals surface area (Å²) in [6.45, 7) is 0. The SMILES string of the molecule is c1ccc2c(c1)-c1cccc3cccc(c13)C21c2ccncc2-c2ccc(-c3c4ccccc4c(-c4cccc5ccccc45)c4ccccc34)cc21. The van der Waals surface area contributed by atoms with Crippen molar-refractivity contribution in [2.75, 3.05) is 0 Å². The highest BCUT2D eigenvalue weighted by Gasteiger charge is 2.50. The molecule has 0 fully saturated rings. The third-order valence-corrected chi connectivity index (χ3v) is 12.1. The normalized spacial score (nSPS) is 15.2. The van der Waals surface area contributed by atoms with Crippen LogP contribution in [0.15, 0.2) is 188 Å². The fourth-order valence-electron chi connectivity index (χ4n) is 10.1. The van der Waals surface area contributed by atoms with Gasteiger partial charge < -0.3 is 0 Å². The third-order valence-electron chi connectivity index (χ3n) is 12.1. The molecule has 2 aliphatic carbocycles. The molecular weight excluding hydrogens is 639 g/mol. The molecule has 1 unspecified atom stereocenters. The van der Waals surface area contributed by atoms with Crippen LogP contribution in [0.4, 0.5) is 0 Å². The lowest BCUT2D eigenvalue weighted by atomic mass is 9.61. The summed E-state index contributed by atoms with van der Waals surface area (Å²) in [6.07, 6.45) is 4.05. The fourth-order valence-corrected chi connectivity index (χ4v) is 10.1. The number of fused-ring (bicyclic) bond motifs is 12. The van der Waals surface area contributed by atoms with E-state index in [0.717, 1.165) is 0 Å². The first kappa shape index (κ1) is 28.8. The number of hydrogen-bond acceptors (Lipinski definition) is 1. The van der Waals surface area contributed by atoms with Crippen LogP contribution in [0.5, 0.6) is 0 Å². The number of benzene rings is 9. The molecular formula is C52H31N. The molecule has 1 atom stereocenters. The third kappa shape index (κ3) is 3.68. The summed E-state index contributed by atoms with van der Waals surface area (Å²) in [5, 5.41) is 10.2. The van der Waals surface area contributed by atoms with Gasteiger partial charge in [-0.3, -0.25) is 4.98 Å². The van der Waals surface area contributed by atoms with Crippen LogP contribution in [0.1, 0.15) is 22.3 Å². The Kier molecular flexibility index (Phi) is 5.77. The van der Waals surface area contributed by atoms with E-state index < -0.39 is 5.41 Å². The second-order valence-electron chi connectivity index (χ2n) is 14.6. The van der Waals surface area contributed by atoms with E-state index in [2.05, 4.69) is 182 Å². The molecule has 0 bridgehead atoms. The molecule has 0 radical (unpaired) electrons. The van der Waals surface area contributed by atoms with Crippen molar-refractivity contribution in [3.05, 3.63) is 211 Å². The van der Waals surface area contributed by atoms with Crippen molar-refractivity contribution >= 4 is 43.1 Å². The smallest absolute Gasteiger partial charge is 0.0727 e. The van der Waals surface area contributed by atoms with Crippen LogP contribution in [0.2, 0.25) is 0 Å². The van der Waals surface area contributed by atoms with E-state index in [9.17, 15) is 0 Å². The first-order chi connectivity index (χ1) is 26.3. The Bertz CT molecular complexity index is 3120. The largest absolute Gasteiger partial charge is 0.264 e. The molecule has 1 nitrogen and oxygen atoms in total. The molecule has 53 heavy (non-hydrogen) atoms. The molecule has 0 saturated carbocycles. The van der Waals surface area contributed by atoms with E-state index in [1.54, 1.807) is 0 Å². The van der Waals surface area contributed by atoms with Gasteiger partial charge in [0.15, 0.2) is 0 Å². The minimum atomic E-state index is -0.497. The second-order valence-corrected chi connectivity index (χ2v) is 14.6. The van der Waals surface area contributed by atoms with Gasteiger partial charge in [0.25, 0.3) is 0 Å². The Hall–Kier alpha value is -6.83. The summed E-state index contributed by atoms with van der Waals surface area (Å²) < 4.78 is 0. The quantitative estimate of drug-likeness (QED) is 0.167. The van der Waals surface area contributed by atoms with Gasteiger partial charge in [0.2, 0.25) is 0 Å². The molecule has 1 heteroatoms. The van der Waals surface area contributed by atoms with Crippen molar-refractivity contribution in [2.24, 2.45) is 0 Å². The summed E-state index contributed by atoms with van der Waals surface area (Å²) in [6, 6.07) is 65.7. The van der Waals surface area contributed by atoms with Crippen LogP contribution in [0.25, 0.3) is 87.6 Å². The number of hydrogen-bond donors (Lipinski definition) is 0. The van der Waals surface area contributed by atoms with Crippen molar-refractivity contribution in [3.8, 4) is 44.5 Å². The zero-order valence-corrected chi connectivity index (χ0v) is 28.8. The van der Waals surface area contributed by atoms with Gasteiger partial charge >= 0.3 is 0 Å². The summed E-state index contributed by atoms with van der Waals surface area (Å²) in [4.78, 5) is 4.70. The van der Waals surface area contributed by atoms with E-state index in [0.29, 0.717) is 0 Å². The number of nitrogens with zero attached hydrogens (tertiary/aromatic N) is 1. The van der Waals surface area contributed by atoms with Gasteiger partial charge in [-0.1, -0.05) is 164 Å². The summed E-state index contributed by atoms with van der Waals surface area (Å²) in [5.74, 6) is 0. The standard InChI is InChI=1S/C52H31N/c1-2-16-35-32(12-1)13-9-22-38(35)51-42-20-5-3-18-40(42)49(41-19-4-6-21-43(41)51)34-26-27-37-44-31-53-29-28-46(44)52(48(37)30-34)45-24-8-7-17-36(45)39-23-10-14-33-15-11-25-47(52)50(33)39/h1-31H. The molecule has 1 heterocycles. The molecule has 244 valence electrons. The van der Waals surface area contributed by atoms with Crippen molar-refractivity contribution in [1.29, 1.82) is 0 Å². The highest BCUT2D eigenvalue weighted by atomic mass is 14.6. The minimum absolute atomic E-state index is 0.497. The topological polar surface area (TPSA) is 12.9 Å². The molecule has 1 spiro atoms. The maximum absolute atomic E-state index is 4.70. The monoisotopic (exact) mass is 669 g/mol. The second kappa shape index (κ2) is 10.6. The predicted octanol–water partition coefficient (Wildman–Crippen LogP) is 13.4. The van der Waals surface area contributed by atoms with Gasteiger partial charge in [-0.05, 0) is 116 Å². The Balaban J connectivity index is 1.21. The number of pyridine rings is 1. The number of rotatable bonds is 2. The molecule has 0 saturated heterocycles. The lowest BCUT2D eigenvalue weighted by molar-refractivity contribution is 0.772. The van der Waals surface area contributed by atoms with Crippen LogP contribution >= 0.6 is 0 Å². The lowest BCUT2D eigenvalue weighted by Crippen LogP contribution is -2.31. The van der Waals surface area contributed by atoms with Crippen molar-refractivity contribution < 1.29 is 0 Å². The van der Waals surface area contributed by atoms with Gasteiger partial charge in [-0.25, -0.2) is 0 Å². The lowest BCUT2D eigenvalue weighted by Gasteiger charge is -2.40. The molecule has 9 aromatic carbocycles. The molecule has 12 rings (SSSR count). The fraction of sp³-hybridized carbons (Fsp3) is 0.0192. The summed E-state index contributed by atoms with van der Waals surface area (Å²) in [7, 11) is 0. The van der Waals surface area contributed by atoms with Crippen molar-refractivity contribution in [3.63, 3.8) is 0 Å². The van der Waals surface area contributed by atoms with E-state index in [4.69, 9.17) is 4.98 Å². The molecule has 10 aromatic rings. The van der Waals surface area contributed by atoms with E-state index in [1.807, 2.05) is 6.20 Å². The van der Waals surface area contributed by atoms with Gasteiger partial charge in [-0.2, -0.15) is 0 Å². The van der Waals surface area contributed by atoms with E-state index in [1.165, 1.54) is 110 Å². The maximum Gasteiger partial charge on any atom is 0.0727 e. The Labute approximate surface area is 307 Å². The first-order valence-electron chi connectivity index (χ1n) is 18.5. The minimum Gasteiger partial charge on any atom is -0.264 e. The number of aromatic nitrogens is 1. The van der Waals surface area contributed by atoms with E-state index in [-0.39, 0.29) is 0 Å². The molecule has 2 aliphatic rings. The van der Waals surface area contributed by atoms with Crippen LogP contribution in [0, 0.1) is 0 Å². The highest BCUT2D eigenvalue weighted by Crippen LogP contribution is 2.62. The van der Waals surface area contributed by atoms with Gasteiger partial charge in [0.1, 0.15) is 0 Å². The van der Waals surface area contributed by atoms with Gasteiger partial charge in [-0.15, -0.1) is 0 Å². The average Bonchev–Trinajstić information content (AvgIpc) is 3.51. The molecule has 1 aromatic heterocycles. The van der Waals surface area contributed by atoms with Crippen molar-refractivity contribution in [1.82, 2.24) is 4.98 Å². The molecule has 0 N–H and O–H groups in total. The van der Waals surface area contributed by atoms with Crippen molar-refractivity contribution in [2.45, 2.75) is 5.41 Å². The van der Waals surface area contributed by atoms with Gasteiger partial charge in [0, 0.05) is 18.0 Å². The predicted molar refractivity (Wildman–Crippen MR) is 221 cm³/mol. The highest BCUT2D eigenvalue weighted by molar-refractivity contribution is 6.23.